The molecule has 0 fully saturated rings. The van der Waals surface area contributed by atoms with Crippen LogP contribution < -0.4 is 5.32 Å². The van der Waals surface area contributed by atoms with Crippen molar-refractivity contribution in [3.8, 4) is 0 Å². The summed E-state index contributed by atoms with van der Waals surface area (Å²) in [6, 6.07) is 9.03. The summed E-state index contributed by atoms with van der Waals surface area (Å²) >= 11 is 5.79. The second kappa shape index (κ2) is 5.49. The van der Waals surface area contributed by atoms with Crippen molar-refractivity contribution in [1.29, 1.82) is 0 Å². The predicted molar refractivity (Wildman–Crippen MR) is 70.6 cm³/mol. The zero-order valence-corrected chi connectivity index (χ0v) is 10.4. The summed E-state index contributed by atoms with van der Waals surface area (Å²) in [5.74, 6) is -1.64. The third kappa shape index (κ3) is 3.08. The fourth-order valence-electron chi connectivity index (χ4n) is 1.49. The lowest BCUT2D eigenvalue weighted by molar-refractivity contribution is 0.0698. The van der Waals surface area contributed by atoms with Crippen molar-refractivity contribution in [2.75, 3.05) is 5.32 Å². The van der Waals surface area contributed by atoms with Crippen LogP contribution in [-0.4, -0.2) is 22.0 Å². The van der Waals surface area contributed by atoms with E-state index in [9.17, 15) is 9.59 Å². The highest BCUT2D eigenvalue weighted by atomic mass is 35.5. The quantitative estimate of drug-likeness (QED) is 0.903. The van der Waals surface area contributed by atoms with Gasteiger partial charge in [0.15, 0.2) is 0 Å². The van der Waals surface area contributed by atoms with Gasteiger partial charge in [-0.15, -0.1) is 0 Å². The second-order valence-corrected chi connectivity index (χ2v) is 4.10. The first-order valence-electron chi connectivity index (χ1n) is 5.33. The van der Waals surface area contributed by atoms with Crippen LogP contribution in [0.3, 0.4) is 0 Å². The lowest BCUT2D eigenvalue weighted by Gasteiger charge is -2.08. The summed E-state index contributed by atoms with van der Waals surface area (Å²) in [5, 5.41) is 11.8. The molecule has 1 amide bonds. The number of aromatic carboxylic acids is 1. The van der Waals surface area contributed by atoms with E-state index in [0.29, 0.717) is 5.02 Å². The molecule has 2 N–H and O–H groups in total. The van der Waals surface area contributed by atoms with Gasteiger partial charge >= 0.3 is 5.97 Å². The van der Waals surface area contributed by atoms with Gasteiger partial charge in [-0.1, -0.05) is 17.7 Å². The highest BCUT2D eigenvalue weighted by molar-refractivity contribution is 6.31. The molecule has 0 unspecified atom stereocenters. The Morgan fingerprint density at radius 1 is 1.21 bits per heavy atom. The zero-order valence-electron chi connectivity index (χ0n) is 9.63. The van der Waals surface area contributed by atoms with Gasteiger partial charge in [0.2, 0.25) is 0 Å². The number of aromatic nitrogens is 1. The number of halogens is 1. The summed E-state index contributed by atoms with van der Waals surface area (Å²) < 4.78 is 0. The van der Waals surface area contributed by atoms with E-state index in [1.807, 2.05) is 0 Å². The summed E-state index contributed by atoms with van der Waals surface area (Å²) in [4.78, 5) is 26.8. The molecular formula is C13H9ClN2O3. The molecule has 2 rings (SSSR count). The second-order valence-electron chi connectivity index (χ2n) is 3.66. The average molecular weight is 277 g/mol. The van der Waals surface area contributed by atoms with Gasteiger partial charge in [-0.05, 0) is 30.3 Å². The molecule has 0 spiro atoms. The van der Waals surface area contributed by atoms with Gasteiger partial charge in [-0.3, -0.25) is 9.78 Å². The smallest absolute Gasteiger partial charge is 0.337 e. The highest BCUT2D eigenvalue weighted by Gasteiger charge is 2.14. The van der Waals surface area contributed by atoms with E-state index in [1.54, 1.807) is 12.1 Å². The summed E-state index contributed by atoms with van der Waals surface area (Å²) in [6.07, 6.45) is 1.48. The van der Waals surface area contributed by atoms with Gasteiger partial charge in [0.25, 0.3) is 5.91 Å². The van der Waals surface area contributed by atoms with Crippen molar-refractivity contribution in [2.45, 2.75) is 0 Å². The van der Waals surface area contributed by atoms with E-state index in [2.05, 4.69) is 10.3 Å². The standard InChI is InChI=1S/C13H9ClN2O3/c14-8-4-5-9(13(18)19)11(7-8)16-12(17)10-3-1-2-6-15-10/h1-7H,(H,16,17)(H,18,19). The largest absolute Gasteiger partial charge is 0.478 e. The van der Waals surface area contributed by atoms with E-state index in [0.717, 1.165) is 0 Å². The minimum atomic E-state index is -1.15. The normalized spacial score (nSPS) is 9.95. The Kier molecular flexibility index (Phi) is 3.77. The minimum absolute atomic E-state index is 0.0336. The van der Waals surface area contributed by atoms with Gasteiger partial charge in [-0.25, -0.2) is 4.79 Å². The van der Waals surface area contributed by atoms with E-state index >= 15 is 0 Å². The van der Waals surface area contributed by atoms with E-state index in [1.165, 1.54) is 30.5 Å². The van der Waals surface area contributed by atoms with Crippen molar-refractivity contribution in [1.82, 2.24) is 4.98 Å². The SMILES string of the molecule is O=C(Nc1cc(Cl)ccc1C(=O)O)c1ccccn1. The number of anilines is 1. The maximum atomic E-state index is 11.9. The van der Waals surface area contributed by atoms with E-state index < -0.39 is 11.9 Å². The number of rotatable bonds is 3. The number of nitrogens with zero attached hydrogens (tertiary/aromatic N) is 1. The number of hydrogen-bond donors (Lipinski definition) is 2. The van der Waals surface area contributed by atoms with Crippen LogP contribution in [0.15, 0.2) is 42.6 Å². The molecule has 1 aromatic carbocycles. The van der Waals surface area contributed by atoms with Crippen LogP contribution >= 0.6 is 11.6 Å². The lowest BCUT2D eigenvalue weighted by atomic mass is 10.1. The van der Waals surface area contributed by atoms with Crippen LogP contribution in [-0.2, 0) is 0 Å². The molecule has 0 aliphatic carbocycles. The molecule has 0 bridgehead atoms. The Labute approximate surface area is 113 Å². The Morgan fingerprint density at radius 2 is 2.00 bits per heavy atom. The monoisotopic (exact) mass is 276 g/mol. The third-order valence-corrected chi connectivity index (χ3v) is 2.59. The Balaban J connectivity index is 2.31. The summed E-state index contributed by atoms with van der Waals surface area (Å²) in [5.41, 5.74) is 0.295. The molecule has 0 saturated carbocycles. The first-order valence-corrected chi connectivity index (χ1v) is 5.71. The number of carbonyl (C=O) groups excluding carboxylic acids is 1. The molecule has 0 aliphatic heterocycles. The Morgan fingerprint density at radius 3 is 2.63 bits per heavy atom. The molecule has 0 radical (unpaired) electrons. The van der Waals surface area contributed by atoms with Crippen molar-refractivity contribution >= 4 is 29.2 Å². The highest BCUT2D eigenvalue weighted by Crippen LogP contribution is 2.21. The molecule has 2 aromatic rings. The molecule has 0 saturated heterocycles. The van der Waals surface area contributed by atoms with Gasteiger partial charge in [-0.2, -0.15) is 0 Å². The van der Waals surface area contributed by atoms with Crippen LogP contribution in [0.1, 0.15) is 20.8 Å². The maximum absolute atomic E-state index is 11.9. The van der Waals surface area contributed by atoms with Crippen molar-refractivity contribution in [2.24, 2.45) is 0 Å². The molecule has 5 nitrogen and oxygen atoms in total. The topological polar surface area (TPSA) is 79.3 Å². The van der Waals surface area contributed by atoms with Crippen molar-refractivity contribution in [3.63, 3.8) is 0 Å². The first kappa shape index (κ1) is 13.0. The van der Waals surface area contributed by atoms with Crippen LogP contribution in [0, 0.1) is 0 Å². The average Bonchev–Trinajstić information content (AvgIpc) is 2.39. The minimum Gasteiger partial charge on any atom is -0.478 e. The number of carboxylic acid groups (broad SMARTS) is 1. The first-order chi connectivity index (χ1) is 9.08. The summed E-state index contributed by atoms with van der Waals surface area (Å²) in [7, 11) is 0. The van der Waals surface area contributed by atoms with Gasteiger partial charge < -0.3 is 10.4 Å². The molecule has 96 valence electrons. The van der Waals surface area contributed by atoms with Crippen LogP contribution in [0.4, 0.5) is 5.69 Å². The van der Waals surface area contributed by atoms with E-state index in [4.69, 9.17) is 16.7 Å². The van der Waals surface area contributed by atoms with Gasteiger partial charge in [0.1, 0.15) is 5.69 Å². The lowest BCUT2D eigenvalue weighted by Crippen LogP contribution is -2.15. The van der Waals surface area contributed by atoms with Gasteiger partial charge in [0.05, 0.1) is 11.3 Å². The van der Waals surface area contributed by atoms with E-state index in [-0.39, 0.29) is 16.9 Å². The molecule has 1 heterocycles. The number of pyridine rings is 1. The number of amides is 1. The molecule has 0 aliphatic rings. The predicted octanol–water partition coefficient (Wildman–Crippen LogP) is 2.69. The zero-order chi connectivity index (χ0) is 13.8. The van der Waals surface area contributed by atoms with Crippen LogP contribution in [0.5, 0.6) is 0 Å². The number of hydrogen-bond acceptors (Lipinski definition) is 3. The molecule has 19 heavy (non-hydrogen) atoms. The summed E-state index contributed by atoms with van der Waals surface area (Å²) in [6.45, 7) is 0. The number of carboxylic acids is 1. The Hall–Kier alpha value is -2.40. The Bertz CT molecular complexity index is 629. The number of benzene rings is 1. The fraction of sp³-hybridized carbons (Fsp3) is 0. The molecular weight excluding hydrogens is 268 g/mol. The fourth-order valence-corrected chi connectivity index (χ4v) is 1.66. The van der Waals surface area contributed by atoms with Gasteiger partial charge in [0, 0.05) is 11.2 Å². The number of carbonyl (C=O) groups is 2. The van der Waals surface area contributed by atoms with Crippen LogP contribution in [0.25, 0.3) is 0 Å². The molecule has 6 heteroatoms. The third-order valence-electron chi connectivity index (χ3n) is 2.36. The van der Waals surface area contributed by atoms with Crippen molar-refractivity contribution in [3.05, 3.63) is 58.9 Å². The molecule has 0 atom stereocenters. The van der Waals surface area contributed by atoms with Crippen molar-refractivity contribution < 1.29 is 14.7 Å². The molecule has 1 aromatic heterocycles. The van der Waals surface area contributed by atoms with Crippen LogP contribution in [0.2, 0.25) is 5.02 Å². The maximum Gasteiger partial charge on any atom is 0.337 e. The number of nitrogens with one attached hydrogen (secondary N) is 1.